The smallest absolute Gasteiger partial charge is 0.125 e. The first-order chi connectivity index (χ1) is 3.42. The molecule has 0 aliphatic rings. The zero-order chi connectivity index (χ0) is 6.78. The molecule has 0 amide bonds. The Bertz CT molecular complexity index is 101. The summed E-state index contributed by atoms with van der Waals surface area (Å²) in [6.45, 7) is 5.92. The Hall–Kier alpha value is 0.810. The molecule has 0 fully saturated rings. The summed E-state index contributed by atoms with van der Waals surface area (Å²) in [5.41, 5.74) is -0.0716. The van der Waals surface area contributed by atoms with Gasteiger partial charge in [0.25, 0.3) is 0 Å². The van der Waals surface area contributed by atoms with Gasteiger partial charge in [0.1, 0.15) is 6.42 Å². The lowest BCUT2D eigenvalue weighted by atomic mass is 10.1. The molecule has 0 radical (unpaired) electrons. The van der Waals surface area contributed by atoms with E-state index in [0.717, 1.165) is 0 Å². The topological polar surface area (TPSA) is 12.4 Å². The first-order valence-corrected chi connectivity index (χ1v) is 5.80. The van der Waals surface area contributed by atoms with Crippen LogP contribution in [-0.2, 0) is 0 Å². The molecule has 0 aliphatic carbocycles. The van der Waals surface area contributed by atoms with Gasteiger partial charge in [0.15, 0.2) is 0 Å². The first kappa shape index (κ1) is 8.81. The first-order valence-electron chi connectivity index (χ1n) is 2.33. The fourth-order valence-corrected chi connectivity index (χ4v) is 2.28. The summed E-state index contributed by atoms with van der Waals surface area (Å²) in [7, 11) is 0. The highest BCUT2D eigenvalue weighted by atomic mass is 35.9. The molecule has 8 heavy (non-hydrogen) atoms. The highest BCUT2D eigenvalue weighted by molar-refractivity contribution is 7.96. The Balaban J connectivity index is 3.89. The van der Waals surface area contributed by atoms with Gasteiger partial charge in [-0.3, -0.25) is 4.74 Å². The van der Waals surface area contributed by atoms with Crippen molar-refractivity contribution in [1.29, 1.82) is 0 Å². The zero-order valence-corrected chi connectivity index (χ0v) is 7.72. The van der Waals surface area contributed by atoms with Gasteiger partial charge in [-0.2, -0.15) is 0 Å². The molecule has 50 valence electrons. The average Bonchev–Trinajstić information content (AvgIpc) is 1.21. The lowest BCUT2D eigenvalue weighted by Crippen LogP contribution is -2.06. The highest BCUT2D eigenvalue weighted by Gasteiger charge is 2.05. The van der Waals surface area contributed by atoms with Crippen LogP contribution in [0.25, 0.3) is 0 Å². The van der Waals surface area contributed by atoms with E-state index in [2.05, 4.69) is 4.74 Å². The molecule has 0 N–H and O–H groups in total. The molecule has 0 saturated carbocycles. The van der Waals surface area contributed by atoms with Crippen molar-refractivity contribution in [3.05, 3.63) is 0 Å². The molecular formula is C4H10Cl2NP. The maximum absolute atomic E-state index is 5.46. The van der Waals surface area contributed by atoms with Gasteiger partial charge in [-0.05, 0) is 20.8 Å². The second-order valence-corrected chi connectivity index (χ2v) is 5.96. The van der Waals surface area contributed by atoms with Crippen molar-refractivity contribution in [2.24, 2.45) is 4.74 Å². The van der Waals surface area contributed by atoms with Crippen molar-refractivity contribution in [3.8, 4) is 0 Å². The van der Waals surface area contributed by atoms with Gasteiger partial charge in [0.2, 0.25) is 0 Å². The van der Waals surface area contributed by atoms with E-state index >= 15 is 0 Å². The van der Waals surface area contributed by atoms with E-state index in [1.54, 1.807) is 0 Å². The highest BCUT2D eigenvalue weighted by Crippen LogP contribution is 2.39. The van der Waals surface area contributed by atoms with Gasteiger partial charge in [-0.15, -0.1) is 0 Å². The number of hydrogen-bond donors (Lipinski definition) is 0. The lowest BCUT2D eigenvalue weighted by Gasteiger charge is -2.10. The van der Waals surface area contributed by atoms with Gasteiger partial charge in [0, 0.05) is 0 Å². The Morgan fingerprint density at radius 1 is 1.25 bits per heavy atom. The van der Waals surface area contributed by atoms with E-state index < -0.39 is 6.42 Å². The SMILES string of the molecule is CC(C)(C)N=[PH](Cl)Cl. The number of rotatable bonds is 0. The standard InChI is InChI=1S/C4H10Cl2NP/c1-4(2,3)7-8(5)6/h8H,1-3H3. The fourth-order valence-electron chi connectivity index (χ4n) is 0.254. The van der Waals surface area contributed by atoms with Gasteiger partial charge in [-0.25, -0.2) is 0 Å². The van der Waals surface area contributed by atoms with E-state index in [9.17, 15) is 0 Å². The second-order valence-electron chi connectivity index (χ2n) is 2.52. The lowest BCUT2D eigenvalue weighted by molar-refractivity contribution is 0.593. The van der Waals surface area contributed by atoms with Crippen LogP contribution in [0, 0.1) is 0 Å². The molecule has 0 spiro atoms. The summed E-state index contributed by atoms with van der Waals surface area (Å²) < 4.78 is 4.04. The second kappa shape index (κ2) is 3.10. The minimum atomic E-state index is -1.42. The molecule has 0 atom stereocenters. The normalized spacial score (nSPS) is 12.2. The third-order valence-corrected chi connectivity index (χ3v) is 1.77. The number of hydrogen-bond acceptors (Lipinski definition) is 1. The van der Waals surface area contributed by atoms with Crippen LogP contribution in [-0.4, -0.2) is 5.54 Å². The van der Waals surface area contributed by atoms with Crippen molar-refractivity contribution in [3.63, 3.8) is 0 Å². The molecule has 0 unspecified atom stereocenters. The van der Waals surface area contributed by atoms with Gasteiger partial charge in [-0.1, -0.05) is 22.5 Å². The quantitative estimate of drug-likeness (QED) is 0.498. The average molecular weight is 174 g/mol. The summed E-state index contributed by atoms with van der Waals surface area (Å²) in [5, 5.41) is 0. The van der Waals surface area contributed by atoms with Crippen LogP contribution < -0.4 is 0 Å². The minimum Gasteiger partial charge on any atom is -0.270 e. The molecule has 0 heterocycles. The molecule has 4 heteroatoms. The zero-order valence-electron chi connectivity index (χ0n) is 5.20. The van der Waals surface area contributed by atoms with Crippen molar-refractivity contribution in [1.82, 2.24) is 0 Å². The molecule has 0 rings (SSSR count). The van der Waals surface area contributed by atoms with Crippen LogP contribution >= 0.6 is 28.9 Å². The Labute approximate surface area is 60.4 Å². The van der Waals surface area contributed by atoms with Crippen LogP contribution in [0.2, 0.25) is 0 Å². The number of nitrogens with zero attached hydrogens (tertiary/aromatic N) is 1. The van der Waals surface area contributed by atoms with Gasteiger partial charge < -0.3 is 0 Å². The third-order valence-electron chi connectivity index (χ3n) is 0.420. The maximum Gasteiger partial charge on any atom is 0.125 e. The van der Waals surface area contributed by atoms with Crippen LogP contribution in [0.15, 0.2) is 4.74 Å². The van der Waals surface area contributed by atoms with Crippen LogP contribution in [0.5, 0.6) is 0 Å². The molecule has 0 aliphatic heterocycles. The molecule has 0 aromatic carbocycles. The molecule has 0 aromatic heterocycles. The summed E-state index contributed by atoms with van der Waals surface area (Å²) in [6, 6.07) is 0. The molecule has 0 saturated heterocycles. The van der Waals surface area contributed by atoms with Crippen LogP contribution in [0.1, 0.15) is 20.8 Å². The Morgan fingerprint density at radius 3 is 1.62 bits per heavy atom. The van der Waals surface area contributed by atoms with Gasteiger partial charge >= 0.3 is 0 Å². The molecule has 0 bridgehead atoms. The van der Waals surface area contributed by atoms with Crippen LogP contribution in [0.3, 0.4) is 0 Å². The predicted molar refractivity (Wildman–Crippen MR) is 42.2 cm³/mol. The summed E-state index contributed by atoms with van der Waals surface area (Å²) in [4.78, 5) is 0. The van der Waals surface area contributed by atoms with Crippen LogP contribution in [0.4, 0.5) is 0 Å². The van der Waals surface area contributed by atoms with Crippen molar-refractivity contribution in [2.45, 2.75) is 26.3 Å². The molecule has 1 nitrogen and oxygen atoms in total. The Morgan fingerprint density at radius 2 is 1.62 bits per heavy atom. The van der Waals surface area contributed by atoms with Crippen molar-refractivity contribution < 1.29 is 0 Å². The van der Waals surface area contributed by atoms with E-state index in [0.29, 0.717) is 0 Å². The number of halogens is 2. The van der Waals surface area contributed by atoms with Crippen molar-refractivity contribution >= 4 is 28.9 Å². The fraction of sp³-hybridized carbons (Fsp3) is 1.00. The van der Waals surface area contributed by atoms with E-state index in [1.807, 2.05) is 20.8 Å². The summed E-state index contributed by atoms with van der Waals surface area (Å²) in [5.74, 6) is 0. The summed E-state index contributed by atoms with van der Waals surface area (Å²) in [6.07, 6.45) is -1.42. The third kappa shape index (κ3) is 6.81. The van der Waals surface area contributed by atoms with E-state index in [1.165, 1.54) is 0 Å². The monoisotopic (exact) mass is 173 g/mol. The van der Waals surface area contributed by atoms with E-state index in [-0.39, 0.29) is 5.54 Å². The van der Waals surface area contributed by atoms with Crippen molar-refractivity contribution in [2.75, 3.05) is 0 Å². The molecular weight excluding hydrogens is 164 g/mol. The molecule has 0 aromatic rings. The summed E-state index contributed by atoms with van der Waals surface area (Å²) >= 11 is 10.9. The van der Waals surface area contributed by atoms with E-state index in [4.69, 9.17) is 22.5 Å². The largest absolute Gasteiger partial charge is 0.270 e. The maximum atomic E-state index is 5.46. The Kier molecular flexibility index (Phi) is 3.41. The van der Waals surface area contributed by atoms with Gasteiger partial charge in [0.05, 0.1) is 5.54 Å². The minimum absolute atomic E-state index is 0.0716. The predicted octanol–water partition coefficient (Wildman–Crippen LogP) is 3.49.